The first-order valence-corrected chi connectivity index (χ1v) is 7.82. The molecule has 20 heavy (non-hydrogen) atoms. The predicted octanol–water partition coefficient (Wildman–Crippen LogP) is 5.37. The highest BCUT2D eigenvalue weighted by molar-refractivity contribution is 9.08. The van der Waals surface area contributed by atoms with Gasteiger partial charge in [-0.3, -0.25) is 0 Å². The third kappa shape index (κ3) is 3.60. The number of aryl methyl sites for hydroxylation is 1. The molecule has 0 N–H and O–H groups in total. The van der Waals surface area contributed by atoms with Crippen molar-refractivity contribution < 1.29 is 4.74 Å². The standard InChI is InChI=1S/C17H20BrNO/c1-12-5-7-15(14(9-12)17(2,3)4)20-16-8-6-13(10-18)11-19-16/h5-9,11H,10H2,1-4H3. The van der Waals surface area contributed by atoms with E-state index >= 15 is 0 Å². The first-order chi connectivity index (χ1) is 9.40. The fourth-order valence-electron chi connectivity index (χ4n) is 1.98. The van der Waals surface area contributed by atoms with Crippen LogP contribution in [-0.4, -0.2) is 4.98 Å². The number of rotatable bonds is 3. The number of ether oxygens (including phenoxy) is 1. The molecular weight excluding hydrogens is 314 g/mol. The lowest BCUT2D eigenvalue weighted by Crippen LogP contribution is -2.13. The molecule has 0 saturated heterocycles. The molecule has 3 heteroatoms. The molecule has 2 aromatic rings. The van der Waals surface area contributed by atoms with E-state index in [9.17, 15) is 0 Å². The lowest BCUT2D eigenvalue weighted by atomic mass is 9.85. The van der Waals surface area contributed by atoms with Crippen molar-refractivity contribution in [3.8, 4) is 11.6 Å². The Morgan fingerprint density at radius 1 is 1.15 bits per heavy atom. The van der Waals surface area contributed by atoms with Crippen molar-refractivity contribution in [2.45, 2.75) is 38.4 Å². The zero-order valence-electron chi connectivity index (χ0n) is 12.4. The molecule has 1 aromatic carbocycles. The van der Waals surface area contributed by atoms with Crippen LogP contribution in [0.1, 0.15) is 37.5 Å². The molecule has 0 unspecified atom stereocenters. The molecule has 0 amide bonds. The van der Waals surface area contributed by atoms with E-state index in [0.717, 1.165) is 16.6 Å². The van der Waals surface area contributed by atoms with Gasteiger partial charge in [-0.1, -0.05) is 60.5 Å². The largest absolute Gasteiger partial charge is 0.439 e. The second-order valence-electron chi connectivity index (χ2n) is 5.99. The Labute approximate surface area is 129 Å². The van der Waals surface area contributed by atoms with E-state index in [-0.39, 0.29) is 5.41 Å². The number of nitrogens with zero attached hydrogens (tertiary/aromatic N) is 1. The van der Waals surface area contributed by atoms with Crippen molar-refractivity contribution >= 4 is 15.9 Å². The lowest BCUT2D eigenvalue weighted by Gasteiger charge is -2.23. The van der Waals surface area contributed by atoms with E-state index in [1.165, 1.54) is 11.1 Å². The monoisotopic (exact) mass is 333 g/mol. The normalized spacial score (nSPS) is 11.4. The van der Waals surface area contributed by atoms with Crippen LogP contribution in [0.25, 0.3) is 0 Å². The summed E-state index contributed by atoms with van der Waals surface area (Å²) in [4.78, 5) is 4.34. The quantitative estimate of drug-likeness (QED) is 0.704. The van der Waals surface area contributed by atoms with Gasteiger partial charge in [-0.05, 0) is 24.0 Å². The molecule has 0 aliphatic carbocycles. The topological polar surface area (TPSA) is 22.1 Å². The van der Waals surface area contributed by atoms with E-state index in [0.29, 0.717) is 5.88 Å². The summed E-state index contributed by atoms with van der Waals surface area (Å²) in [6, 6.07) is 10.2. The van der Waals surface area contributed by atoms with Gasteiger partial charge in [0.1, 0.15) is 5.75 Å². The minimum absolute atomic E-state index is 0.0388. The summed E-state index contributed by atoms with van der Waals surface area (Å²) in [5.41, 5.74) is 3.61. The molecule has 2 nitrogen and oxygen atoms in total. The van der Waals surface area contributed by atoms with E-state index in [2.05, 4.69) is 60.7 Å². The number of hydrogen-bond acceptors (Lipinski definition) is 2. The summed E-state index contributed by atoms with van der Waals surface area (Å²) in [5.74, 6) is 1.51. The minimum Gasteiger partial charge on any atom is -0.439 e. The number of benzene rings is 1. The van der Waals surface area contributed by atoms with Crippen LogP contribution in [0.5, 0.6) is 11.6 Å². The Kier molecular flexibility index (Phi) is 4.48. The average Bonchev–Trinajstić information content (AvgIpc) is 2.40. The summed E-state index contributed by atoms with van der Waals surface area (Å²) in [6.07, 6.45) is 1.83. The third-order valence-corrected chi connectivity index (χ3v) is 3.76. The van der Waals surface area contributed by atoms with Crippen LogP contribution in [-0.2, 0) is 10.7 Å². The Hall–Kier alpha value is -1.35. The second kappa shape index (κ2) is 5.96. The van der Waals surface area contributed by atoms with Crippen LogP contribution in [0, 0.1) is 6.92 Å². The zero-order chi connectivity index (χ0) is 14.8. The van der Waals surface area contributed by atoms with Crippen LogP contribution in [0.3, 0.4) is 0 Å². The van der Waals surface area contributed by atoms with Gasteiger partial charge in [0.2, 0.25) is 5.88 Å². The highest BCUT2D eigenvalue weighted by Crippen LogP contribution is 2.34. The van der Waals surface area contributed by atoms with Gasteiger partial charge in [0.15, 0.2) is 0 Å². The maximum Gasteiger partial charge on any atom is 0.219 e. The maximum atomic E-state index is 5.96. The summed E-state index contributed by atoms with van der Waals surface area (Å²) in [5, 5.41) is 0.804. The molecule has 106 valence electrons. The molecule has 0 aliphatic heterocycles. The first-order valence-electron chi connectivity index (χ1n) is 6.70. The number of halogens is 1. The fraction of sp³-hybridized carbons (Fsp3) is 0.353. The first kappa shape index (κ1) is 15.0. The summed E-state index contributed by atoms with van der Waals surface area (Å²) in [6.45, 7) is 8.67. The van der Waals surface area contributed by atoms with Crippen molar-refractivity contribution in [2.75, 3.05) is 0 Å². The summed E-state index contributed by atoms with van der Waals surface area (Å²) >= 11 is 3.41. The minimum atomic E-state index is 0.0388. The maximum absolute atomic E-state index is 5.96. The van der Waals surface area contributed by atoms with Crippen molar-refractivity contribution in [2.24, 2.45) is 0 Å². The number of hydrogen-bond donors (Lipinski definition) is 0. The molecule has 0 saturated carbocycles. The highest BCUT2D eigenvalue weighted by atomic mass is 79.9. The third-order valence-electron chi connectivity index (χ3n) is 3.11. The Morgan fingerprint density at radius 3 is 2.45 bits per heavy atom. The van der Waals surface area contributed by atoms with Crippen molar-refractivity contribution in [1.29, 1.82) is 0 Å². The SMILES string of the molecule is Cc1ccc(Oc2ccc(CBr)cn2)c(C(C)(C)C)c1. The molecule has 2 rings (SSSR count). The zero-order valence-corrected chi connectivity index (χ0v) is 14.0. The van der Waals surface area contributed by atoms with Crippen molar-refractivity contribution in [1.82, 2.24) is 4.98 Å². The van der Waals surface area contributed by atoms with E-state index in [1.807, 2.05) is 24.4 Å². The molecular formula is C17H20BrNO. The van der Waals surface area contributed by atoms with Crippen LogP contribution >= 0.6 is 15.9 Å². The molecule has 0 bridgehead atoms. The smallest absolute Gasteiger partial charge is 0.219 e. The fourth-order valence-corrected chi connectivity index (χ4v) is 2.31. The van der Waals surface area contributed by atoms with Crippen LogP contribution in [0.4, 0.5) is 0 Å². The van der Waals surface area contributed by atoms with Gasteiger partial charge in [0, 0.05) is 23.2 Å². The van der Waals surface area contributed by atoms with Crippen LogP contribution in [0.15, 0.2) is 36.5 Å². The second-order valence-corrected chi connectivity index (χ2v) is 6.55. The number of alkyl halides is 1. The number of pyridine rings is 1. The molecule has 1 aromatic heterocycles. The van der Waals surface area contributed by atoms with Gasteiger partial charge in [-0.2, -0.15) is 0 Å². The van der Waals surface area contributed by atoms with Gasteiger partial charge in [0.05, 0.1) is 0 Å². The van der Waals surface area contributed by atoms with Gasteiger partial charge in [-0.15, -0.1) is 0 Å². The van der Waals surface area contributed by atoms with Gasteiger partial charge in [-0.25, -0.2) is 4.98 Å². The number of aromatic nitrogens is 1. The Bertz CT molecular complexity index is 585. The molecule has 1 heterocycles. The van der Waals surface area contributed by atoms with Crippen molar-refractivity contribution in [3.05, 3.63) is 53.2 Å². The van der Waals surface area contributed by atoms with Crippen molar-refractivity contribution in [3.63, 3.8) is 0 Å². The molecule has 0 fully saturated rings. The Morgan fingerprint density at radius 2 is 1.90 bits per heavy atom. The van der Waals surface area contributed by atoms with E-state index in [1.54, 1.807) is 0 Å². The van der Waals surface area contributed by atoms with Gasteiger partial charge < -0.3 is 4.74 Å². The molecule has 0 radical (unpaired) electrons. The van der Waals surface area contributed by atoms with Crippen LogP contribution in [0.2, 0.25) is 0 Å². The highest BCUT2D eigenvalue weighted by Gasteiger charge is 2.19. The molecule has 0 spiro atoms. The van der Waals surface area contributed by atoms with E-state index < -0.39 is 0 Å². The van der Waals surface area contributed by atoms with Gasteiger partial charge >= 0.3 is 0 Å². The van der Waals surface area contributed by atoms with Gasteiger partial charge in [0.25, 0.3) is 0 Å². The van der Waals surface area contributed by atoms with Crippen LogP contribution < -0.4 is 4.74 Å². The molecule has 0 atom stereocenters. The summed E-state index contributed by atoms with van der Waals surface area (Å²) < 4.78 is 5.96. The molecule has 0 aliphatic rings. The average molecular weight is 334 g/mol. The van der Waals surface area contributed by atoms with E-state index in [4.69, 9.17) is 4.74 Å². The Balaban J connectivity index is 2.32. The lowest BCUT2D eigenvalue weighted by molar-refractivity contribution is 0.439. The predicted molar refractivity (Wildman–Crippen MR) is 86.8 cm³/mol. The summed E-state index contributed by atoms with van der Waals surface area (Å²) in [7, 11) is 0.